The van der Waals surface area contributed by atoms with Crippen LogP contribution in [0.4, 0.5) is 0 Å². The molecule has 10 heteroatoms. The summed E-state index contributed by atoms with van der Waals surface area (Å²) in [7, 11) is -0.449. The number of sulfonamides is 1. The van der Waals surface area contributed by atoms with Gasteiger partial charge < -0.3 is 18.6 Å². The lowest BCUT2D eigenvalue weighted by atomic mass is 9.70. The Hall–Kier alpha value is -2.43. The molecule has 2 bridgehead atoms. The minimum Gasteiger partial charge on any atom is -0.467 e. The van der Waals surface area contributed by atoms with Gasteiger partial charge in [-0.3, -0.25) is 9.59 Å². The summed E-state index contributed by atoms with van der Waals surface area (Å²) in [5.41, 5.74) is -0.351. The molecular formula is C27H39N3O6S. The number of ketones is 1. The number of furan rings is 1. The minimum absolute atomic E-state index is 0.0450. The molecule has 0 radical (unpaired) electrons. The lowest BCUT2D eigenvalue weighted by Crippen LogP contribution is -2.49. The Morgan fingerprint density at radius 2 is 2.03 bits per heavy atom. The third-order valence-corrected chi connectivity index (χ3v) is 10.7. The topological polar surface area (TPSA) is 102 Å². The highest BCUT2D eigenvalue weighted by molar-refractivity contribution is 7.89. The SMILES string of the molecule is COCCCN(CC(=O)N(Cc1ccco1)Cc1cccn1C)S(=O)(=O)CC12CCC(CC1=O)C2(C)C. The summed E-state index contributed by atoms with van der Waals surface area (Å²) in [5, 5.41) is 0. The number of nitrogens with zero attached hydrogens (tertiary/aromatic N) is 3. The first-order valence-electron chi connectivity index (χ1n) is 12.9. The number of aromatic nitrogens is 1. The second-order valence-electron chi connectivity index (χ2n) is 11.0. The van der Waals surface area contributed by atoms with Crippen molar-refractivity contribution in [1.29, 1.82) is 0 Å². The van der Waals surface area contributed by atoms with Crippen molar-refractivity contribution in [1.82, 2.24) is 13.8 Å². The van der Waals surface area contributed by atoms with E-state index in [1.165, 1.54) is 4.31 Å². The number of carbonyl (C=O) groups is 2. The van der Waals surface area contributed by atoms with Crippen molar-refractivity contribution in [2.24, 2.45) is 23.8 Å². The molecule has 9 nitrogen and oxygen atoms in total. The maximum absolute atomic E-state index is 13.9. The molecule has 0 aliphatic heterocycles. The third kappa shape index (κ3) is 5.42. The maximum Gasteiger partial charge on any atom is 0.238 e. The standard InChI is InChI=1S/C27H39N3O6S/c1-26(2)21-10-11-27(26,24(31)16-21)20-37(33,34)30(13-7-14-35-4)19-25(32)29(18-23-9-6-15-36-23)17-22-8-5-12-28(22)3/h5-6,8-9,12,15,21H,7,10-11,13-14,16-20H2,1-4H3. The Labute approximate surface area is 219 Å². The number of Topliss-reactive ketones (excluding diaryl/α,β-unsaturated/α-hetero) is 1. The van der Waals surface area contributed by atoms with Crippen LogP contribution in [0, 0.1) is 16.7 Å². The predicted molar refractivity (Wildman–Crippen MR) is 139 cm³/mol. The van der Waals surface area contributed by atoms with Crippen molar-refractivity contribution < 1.29 is 27.2 Å². The van der Waals surface area contributed by atoms with Crippen molar-refractivity contribution in [2.75, 3.05) is 32.6 Å². The summed E-state index contributed by atoms with van der Waals surface area (Å²) in [6.45, 7) is 4.80. The highest BCUT2D eigenvalue weighted by atomic mass is 32.2. The van der Waals surface area contributed by atoms with Crippen LogP contribution < -0.4 is 0 Å². The molecule has 1 amide bonds. The van der Waals surface area contributed by atoms with Gasteiger partial charge in [-0.1, -0.05) is 13.8 Å². The van der Waals surface area contributed by atoms with Crippen LogP contribution in [-0.2, 0) is 44.5 Å². The Morgan fingerprint density at radius 3 is 2.59 bits per heavy atom. The average molecular weight is 534 g/mol. The lowest BCUT2D eigenvalue weighted by molar-refractivity contribution is -0.133. The molecule has 2 heterocycles. The number of ether oxygens (including phenoxy) is 1. The normalized spacial score (nSPS) is 22.7. The second-order valence-corrected chi connectivity index (χ2v) is 13.0. The number of rotatable bonds is 13. The Kier molecular flexibility index (Phi) is 8.02. The molecule has 0 saturated heterocycles. The largest absolute Gasteiger partial charge is 0.467 e. The van der Waals surface area contributed by atoms with E-state index in [2.05, 4.69) is 0 Å². The molecule has 2 atom stereocenters. The van der Waals surface area contributed by atoms with E-state index in [4.69, 9.17) is 9.15 Å². The number of fused-ring (bicyclic) bond motifs is 2. The van der Waals surface area contributed by atoms with E-state index >= 15 is 0 Å². The first-order chi connectivity index (χ1) is 17.5. The van der Waals surface area contributed by atoms with Gasteiger partial charge in [-0.15, -0.1) is 0 Å². The molecule has 2 aromatic rings. The number of carbonyl (C=O) groups excluding carboxylic acids is 2. The van der Waals surface area contributed by atoms with E-state index in [1.54, 1.807) is 30.4 Å². The van der Waals surface area contributed by atoms with Crippen molar-refractivity contribution in [3.05, 3.63) is 48.2 Å². The molecule has 2 fully saturated rings. The van der Waals surface area contributed by atoms with Gasteiger partial charge in [-0.05, 0) is 54.9 Å². The number of amides is 1. The lowest BCUT2D eigenvalue weighted by Gasteiger charge is -2.38. The van der Waals surface area contributed by atoms with Gasteiger partial charge in [0.15, 0.2) is 0 Å². The molecule has 0 spiro atoms. The Morgan fingerprint density at radius 1 is 1.24 bits per heavy atom. The van der Waals surface area contributed by atoms with Crippen LogP contribution in [0.25, 0.3) is 0 Å². The maximum atomic E-state index is 13.9. The zero-order valence-electron chi connectivity index (χ0n) is 22.3. The van der Waals surface area contributed by atoms with Crippen LogP contribution in [0.3, 0.4) is 0 Å². The molecule has 0 N–H and O–H groups in total. The Balaban J connectivity index is 1.57. The fourth-order valence-corrected chi connectivity index (χ4v) is 8.34. The molecule has 2 aromatic heterocycles. The van der Waals surface area contributed by atoms with Crippen LogP contribution in [0.15, 0.2) is 41.1 Å². The second kappa shape index (κ2) is 10.7. The van der Waals surface area contributed by atoms with Gasteiger partial charge in [0.25, 0.3) is 0 Å². The number of methoxy groups -OCH3 is 1. The van der Waals surface area contributed by atoms with E-state index in [1.807, 2.05) is 43.8 Å². The third-order valence-electron chi connectivity index (χ3n) is 8.71. The highest BCUT2D eigenvalue weighted by Crippen LogP contribution is 2.64. The van der Waals surface area contributed by atoms with E-state index in [0.717, 1.165) is 12.1 Å². The highest BCUT2D eigenvalue weighted by Gasteiger charge is 2.65. The molecule has 0 aromatic carbocycles. The molecule has 2 unspecified atom stereocenters. The van der Waals surface area contributed by atoms with Crippen LogP contribution in [0.5, 0.6) is 0 Å². The molecule has 2 aliphatic rings. The van der Waals surface area contributed by atoms with Gasteiger partial charge in [-0.2, -0.15) is 4.31 Å². The van der Waals surface area contributed by atoms with E-state index in [9.17, 15) is 18.0 Å². The monoisotopic (exact) mass is 533 g/mol. The van der Waals surface area contributed by atoms with Gasteiger partial charge in [0, 0.05) is 51.0 Å². The number of hydrogen-bond acceptors (Lipinski definition) is 6. The Bertz CT molecular complexity index is 1200. The van der Waals surface area contributed by atoms with Gasteiger partial charge in [0.05, 0.1) is 31.7 Å². The van der Waals surface area contributed by atoms with Crippen LogP contribution >= 0.6 is 0 Å². The summed E-state index contributed by atoms with van der Waals surface area (Å²) >= 11 is 0. The summed E-state index contributed by atoms with van der Waals surface area (Å²) in [6, 6.07) is 7.39. The number of hydrogen-bond donors (Lipinski definition) is 0. The van der Waals surface area contributed by atoms with E-state index in [-0.39, 0.29) is 48.4 Å². The van der Waals surface area contributed by atoms with Crippen LogP contribution in [-0.4, -0.2) is 66.4 Å². The van der Waals surface area contributed by atoms with E-state index < -0.39 is 15.4 Å². The molecule has 4 rings (SSSR count). The van der Waals surface area contributed by atoms with Crippen LogP contribution in [0.2, 0.25) is 0 Å². The molecular weight excluding hydrogens is 494 g/mol. The first-order valence-corrected chi connectivity index (χ1v) is 14.5. The smallest absolute Gasteiger partial charge is 0.238 e. The van der Waals surface area contributed by atoms with Crippen molar-refractivity contribution in [3.8, 4) is 0 Å². The zero-order chi connectivity index (χ0) is 26.8. The molecule has 2 aliphatic carbocycles. The van der Waals surface area contributed by atoms with Gasteiger partial charge >= 0.3 is 0 Å². The summed E-state index contributed by atoms with van der Waals surface area (Å²) in [5.74, 6) is 0.304. The molecule has 37 heavy (non-hydrogen) atoms. The quantitative estimate of drug-likeness (QED) is 0.367. The molecule has 204 valence electrons. The van der Waals surface area contributed by atoms with Crippen molar-refractivity contribution >= 4 is 21.7 Å². The minimum atomic E-state index is -3.91. The average Bonchev–Trinajstić information content (AvgIpc) is 3.58. The predicted octanol–water partition coefficient (Wildman–Crippen LogP) is 3.21. The van der Waals surface area contributed by atoms with Gasteiger partial charge in [0.1, 0.15) is 11.5 Å². The van der Waals surface area contributed by atoms with E-state index in [0.29, 0.717) is 38.2 Å². The van der Waals surface area contributed by atoms with Gasteiger partial charge in [0.2, 0.25) is 15.9 Å². The fraction of sp³-hybridized carbons (Fsp3) is 0.630. The van der Waals surface area contributed by atoms with Crippen molar-refractivity contribution in [3.63, 3.8) is 0 Å². The number of aryl methyl sites for hydroxylation is 1. The fourth-order valence-electron chi connectivity index (χ4n) is 6.14. The van der Waals surface area contributed by atoms with Crippen molar-refractivity contribution in [2.45, 2.75) is 52.6 Å². The van der Waals surface area contributed by atoms with Crippen LogP contribution in [0.1, 0.15) is 51.0 Å². The molecule has 2 saturated carbocycles. The first kappa shape index (κ1) is 27.6. The van der Waals surface area contributed by atoms with Gasteiger partial charge in [-0.25, -0.2) is 8.42 Å². The zero-order valence-corrected chi connectivity index (χ0v) is 23.1. The summed E-state index contributed by atoms with van der Waals surface area (Å²) in [6.07, 6.45) is 5.80. The summed E-state index contributed by atoms with van der Waals surface area (Å²) < 4.78 is 41.6. The summed E-state index contributed by atoms with van der Waals surface area (Å²) in [4.78, 5) is 28.3.